The van der Waals surface area contributed by atoms with E-state index in [4.69, 9.17) is 5.73 Å². The zero-order chi connectivity index (χ0) is 22.5. The number of benzene rings is 2. The highest BCUT2D eigenvalue weighted by molar-refractivity contribution is 5.97. The number of rotatable bonds is 8. The number of anilines is 2. The summed E-state index contributed by atoms with van der Waals surface area (Å²) in [5.41, 5.74) is 10.4. The number of Topliss-reactive ketones (excluding diaryl/α,β-unsaturated/α-hetero) is 1. The molecule has 1 fully saturated rings. The second-order valence-corrected chi connectivity index (χ2v) is 8.34. The molecule has 0 spiro atoms. The van der Waals surface area contributed by atoms with Crippen LogP contribution in [0.2, 0.25) is 0 Å². The SMILES string of the molecule is CCC(=O)N(c1ccc(-c2ccc(C(=O)CCc3ccc(N)nc3)cc2)cc1)C1CCC1. The highest BCUT2D eigenvalue weighted by atomic mass is 16.2. The highest BCUT2D eigenvalue weighted by Gasteiger charge is 2.29. The molecule has 164 valence electrons. The Morgan fingerprint density at radius 1 is 0.969 bits per heavy atom. The van der Waals surface area contributed by atoms with Crippen molar-refractivity contribution in [3.63, 3.8) is 0 Å². The first-order chi connectivity index (χ1) is 15.5. The van der Waals surface area contributed by atoms with Crippen LogP contribution >= 0.6 is 0 Å². The molecule has 2 aromatic carbocycles. The topological polar surface area (TPSA) is 76.3 Å². The minimum absolute atomic E-state index is 0.109. The molecule has 0 saturated heterocycles. The third kappa shape index (κ3) is 4.88. The summed E-state index contributed by atoms with van der Waals surface area (Å²) in [5.74, 6) is 0.773. The van der Waals surface area contributed by atoms with Crippen LogP contribution in [0.25, 0.3) is 11.1 Å². The van der Waals surface area contributed by atoms with Gasteiger partial charge in [-0.15, -0.1) is 0 Å². The average molecular weight is 428 g/mol. The van der Waals surface area contributed by atoms with Gasteiger partial charge >= 0.3 is 0 Å². The summed E-state index contributed by atoms with van der Waals surface area (Å²) in [4.78, 5) is 31.0. The van der Waals surface area contributed by atoms with Crippen molar-refractivity contribution >= 4 is 23.2 Å². The number of carbonyl (C=O) groups is 2. The number of aromatic nitrogens is 1. The van der Waals surface area contributed by atoms with E-state index in [-0.39, 0.29) is 11.7 Å². The van der Waals surface area contributed by atoms with Crippen LogP contribution in [0, 0.1) is 0 Å². The molecule has 0 atom stereocenters. The minimum Gasteiger partial charge on any atom is -0.384 e. The molecule has 5 heteroatoms. The molecule has 4 rings (SSSR count). The second kappa shape index (κ2) is 9.77. The Bertz CT molecular complexity index is 1070. The van der Waals surface area contributed by atoms with Gasteiger partial charge in [-0.25, -0.2) is 4.98 Å². The van der Waals surface area contributed by atoms with Crippen LogP contribution in [0.3, 0.4) is 0 Å². The van der Waals surface area contributed by atoms with Crippen LogP contribution in [0.1, 0.15) is 54.9 Å². The zero-order valence-electron chi connectivity index (χ0n) is 18.5. The van der Waals surface area contributed by atoms with Crippen molar-refractivity contribution in [2.75, 3.05) is 10.6 Å². The number of hydrogen-bond acceptors (Lipinski definition) is 4. The number of hydrogen-bond donors (Lipinski definition) is 1. The van der Waals surface area contributed by atoms with E-state index in [2.05, 4.69) is 17.1 Å². The van der Waals surface area contributed by atoms with Crippen LogP contribution in [-0.2, 0) is 11.2 Å². The monoisotopic (exact) mass is 427 g/mol. The van der Waals surface area contributed by atoms with Gasteiger partial charge in [0, 0.05) is 36.3 Å². The second-order valence-electron chi connectivity index (χ2n) is 8.34. The molecule has 0 aliphatic heterocycles. The quantitative estimate of drug-likeness (QED) is 0.486. The molecule has 3 aromatic rings. The van der Waals surface area contributed by atoms with Gasteiger partial charge in [-0.1, -0.05) is 49.4 Å². The molecule has 1 saturated carbocycles. The van der Waals surface area contributed by atoms with E-state index >= 15 is 0 Å². The number of ketones is 1. The molecular formula is C27H29N3O2. The Kier molecular flexibility index (Phi) is 6.64. The molecule has 1 aromatic heterocycles. The van der Waals surface area contributed by atoms with Crippen LogP contribution in [0.15, 0.2) is 66.9 Å². The lowest BCUT2D eigenvalue weighted by Crippen LogP contribution is -2.44. The number of carbonyl (C=O) groups excluding carboxylic acids is 2. The Morgan fingerprint density at radius 3 is 2.16 bits per heavy atom. The summed E-state index contributed by atoms with van der Waals surface area (Å²) < 4.78 is 0. The fourth-order valence-electron chi connectivity index (χ4n) is 4.02. The molecule has 2 N–H and O–H groups in total. The molecule has 1 heterocycles. The Labute approximate surface area is 189 Å². The lowest BCUT2D eigenvalue weighted by atomic mass is 9.90. The van der Waals surface area contributed by atoms with E-state index in [1.165, 1.54) is 6.42 Å². The molecule has 1 aliphatic carbocycles. The smallest absolute Gasteiger partial charge is 0.226 e. The first kappa shape index (κ1) is 21.8. The van der Waals surface area contributed by atoms with Gasteiger partial charge in [0.25, 0.3) is 0 Å². The summed E-state index contributed by atoms with van der Waals surface area (Å²) in [6, 6.07) is 19.9. The molecule has 1 amide bonds. The van der Waals surface area contributed by atoms with Gasteiger partial charge in [0.2, 0.25) is 5.91 Å². The van der Waals surface area contributed by atoms with Crippen molar-refractivity contribution in [2.24, 2.45) is 0 Å². The Hall–Kier alpha value is -3.47. The summed E-state index contributed by atoms with van der Waals surface area (Å²) in [5, 5.41) is 0. The number of amides is 1. The van der Waals surface area contributed by atoms with E-state index in [1.54, 1.807) is 12.3 Å². The van der Waals surface area contributed by atoms with Gasteiger partial charge in [-0.3, -0.25) is 9.59 Å². The van der Waals surface area contributed by atoms with Crippen LogP contribution < -0.4 is 10.6 Å². The van der Waals surface area contributed by atoms with Crippen molar-refractivity contribution in [2.45, 2.75) is 51.5 Å². The van der Waals surface area contributed by atoms with E-state index in [0.29, 0.717) is 36.7 Å². The fraction of sp³-hybridized carbons (Fsp3) is 0.296. The highest BCUT2D eigenvalue weighted by Crippen LogP contribution is 2.32. The van der Waals surface area contributed by atoms with Crippen LogP contribution in [0.5, 0.6) is 0 Å². The van der Waals surface area contributed by atoms with E-state index in [9.17, 15) is 9.59 Å². The van der Waals surface area contributed by atoms with Crippen LogP contribution in [-0.4, -0.2) is 22.7 Å². The first-order valence-electron chi connectivity index (χ1n) is 11.3. The van der Waals surface area contributed by atoms with Gasteiger partial charge in [0.15, 0.2) is 5.78 Å². The lowest BCUT2D eigenvalue weighted by Gasteiger charge is -2.37. The molecule has 0 radical (unpaired) electrons. The first-order valence-corrected chi connectivity index (χ1v) is 11.3. The van der Waals surface area contributed by atoms with E-state index in [0.717, 1.165) is 35.2 Å². The largest absolute Gasteiger partial charge is 0.384 e. The third-order valence-electron chi connectivity index (χ3n) is 6.19. The predicted octanol–water partition coefficient (Wildman–Crippen LogP) is 5.44. The average Bonchev–Trinajstić information content (AvgIpc) is 2.80. The Morgan fingerprint density at radius 2 is 1.62 bits per heavy atom. The standard InChI is InChI=1S/C27H29N3O2/c1-2-27(32)30(23-4-3-5-23)24-14-12-21(13-15-24)20-8-10-22(11-9-20)25(31)16-6-19-7-17-26(28)29-18-19/h7-15,17-18,23H,2-6,16H2,1H3,(H2,28,29). The van der Waals surface area contributed by atoms with Crippen LogP contribution in [0.4, 0.5) is 11.5 Å². The van der Waals surface area contributed by atoms with Crippen molar-refractivity contribution in [1.29, 1.82) is 0 Å². The number of nitrogen functional groups attached to an aromatic ring is 1. The lowest BCUT2D eigenvalue weighted by molar-refractivity contribution is -0.119. The van der Waals surface area contributed by atoms with Gasteiger partial charge in [0.05, 0.1) is 0 Å². The molecule has 0 unspecified atom stereocenters. The Balaban J connectivity index is 1.41. The number of pyridine rings is 1. The maximum absolute atomic E-state index is 12.6. The third-order valence-corrected chi connectivity index (χ3v) is 6.19. The maximum Gasteiger partial charge on any atom is 0.226 e. The van der Waals surface area contributed by atoms with Gasteiger partial charge in [-0.05, 0) is 60.6 Å². The summed E-state index contributed by atoms with van der Waals surface area (Å²) in [7, 11) is 0. The zero-order valence-corrected chi connectivity index (χ0v) is 18.5. The maximum atomic E-state index is 12.6. The van der Waals surface area contributed by atoms with E-state index in [1.807, 2.05) is 54.3 Å². The van der Waals surface area contributed by atoms with Gasteiger partial charge in [-0.2, -0.15) is 0 Å². The summed E-state index contributed by atoms with van der Waals surface area (Å²) in [6.07, 6.45) is 6.66. The molecule has 5 nitrogen and oxygen atoms in total. The van der Waals surface area contributed by atoms with Crippen molar-refractivity contribution in [1.82, 2.24) is 4.98 Å². The van der Waals surface area contributed by atoms with Crippen molar-refractivity contribution in [3.8, 4) is 11.1 Å². The van der Waals surface area contributed by atoms with Gasteiger partial charge in [0.1, 0.15) is 5.82 Å². The predicted molar refractivity (Wildman–Crippen MR) is 129 cm³/mol. The van der Waals surface area contributed by atoms with Crippen molar-refractivity contribution < 1.29 is 9.59 Å². The molecular weight excluding hydrogens is 398 g/mol. The number of nitrogens with two attached hydrogens (primary N) is 1. The number of aryl methyl sites for hydroxylation is 1. The van der Waals surface area contributed by atoms with Gasteiger partial charge < -0.3 is 10.6 Å². The van der Waals surface area contributed by atoms with Crippen molar-refractivity contribution in [3.05, 3.63) is 78.0 Å². The summed E-state index contributed by atoms with van der Waals surface area (Å²) in [6.45, 7) is 1.91. The number of nitrogens with zero attached hydrogens (tertiary/aromatic N) is 2. The fourth-order valence-corrected chi connectivity index (χ4v) is 4.02. The normalized spacial score (nSPS) is 13.4. The van der Waals surface area contributed by atoms with E-state index < -0.39 is 0 Å². The summed E-state index contributed by atoms with van der Waals surface area (Å²) >= 11 is 0. The minimum atomic E-state index is 0.109. The molecule has 32 heavy (non-hydrogen) atoms. The molecule has 1 aliphatic rings. The molecule has 0 bridgehead atoms.